The largest absolute Gasteiger partial charge is 0.476 e. The molecule has 0 heterocycles. The molecule has 8 heteroatoms. The van der Waals surface area contributed by atoms with Gasteiger partial charge in [0.1, 0.15) is 0 Å². The quantitative estimate of drug-likeness (QED) is 0.402. The average molecular weight is 203 g/mol. The van der Waals surface area contributed by atoms with Gasteiger partial charge in [-0.25, -0.2) is 4.79 Å². The van der Waals surface area contributed by atoms with Gasteiger partial charge in [-0.15, -0.1) is 4.48 Å². The Bertz CT molecular complexity index is 189. The first-order valence-electron chi connectivity index (χ1n) is 3.16. The van der Waals surface area contributed by atoms with Crippen LogP contribution < -0.4 is 0 Å². The van der Waals surface area contributed by atoms with Gasteiger partial charge in [-0.2, -0.15) is 8.78 Å². The molecule has 5 nitrogen and oxygen atoms in total. The summed E-state index contributed by atoms with van der Waals surface area (Å²) in [5, 5.41) is 23.1. The van der Waals surface area contributed by atoms with Crippen molar-refractivity contribution in [2.45, 2.75) is 12.2 Å². The van der Waals surface area contributed by atoms with Crippen LogP contribution in [0.2, 0.25) is 0 Å². The number of aliphatic hydroxyl groups is 2. The SMILES string of the molecule is O=C(O)C(F)(F)N(F)CC(O)CO. The average Bonchev–Trinajstić information content (AvgIpc) is 2.03. The smallest absolute Gasteiger partial charge is 0.426 e. The summed E-state index contributed by atoms with van der Waals surface area (Å²) < 4.78 is 36.7. The molecule has 3 N–H and O–H groups in total. The highest BCUT2D eigenvalue weighted by Crippen LogP contribution is 2.20. The van der Waals surface area contributed by atoms with Crippen LogP contribution in [0, 0.1) is 0 Å². The Morgan fingerprint density at radius 3 is 2.31 bits per heavy atom. The third kappa shape index (κ3) is 3.17. The fourth-order valence-corrected chi connectivity index (χ4v) is 0.461. The zero-order valence-corrected chi connectivity index (χ0v) is 6.32. The van der Waals surface area contributed by atoms with E-state index in [0.717, 1.165) is 0 Å². The maximum absolute atomic E-state index is 12.3. The second-order valence-electron chi connectivity index (χ2n) is 2.23. The maximum atomic E-state index is 12.3. The van der Waals surface area contributed by atoms with E-state index in [1.54, 1.807) is 0 Å². The van der Waals surface area contributed by atoms with Gasteiger partial charge in [0.25, 0.3) is 0 Å². The third-order valence-corrected chi connectivity index (χ3v) is 1.14. The van der Waals surface area contributed by atoms with E-state index < -0.39 is 36.4 Å². The molecule has 0 fully saturated rings. The number of carboxylic acid groups (broad SMARTS) is 1. The Morgan fingerprint density at radius 1 is 1.54 bits per heavy atom. The number of alkyl halides is 2. The Labute approximate surface area is 70.9 Å². The summed E-state index contributed by atoms with van der Waals surface area (Å²) in [4.78, 5) is 9.76. The van der Waals surface area contributed by atoms with Crippen molar-refractivity contribution in [3.05, 3.63) is 0 Å². The first-order chi connectivity index (χ1) is 5.82. The van der Waals surface area contributed by atoms with Gasteiger partial charge < -0.3 is 15.3 Å². The molecule has 0 aliphatic heterocycles. The Balaban J connectivity index is 4.24. The van der Waals surface area contributed by atoms with E-state index in [4.69, 9.17) is 15.3 Å². The van der Waals surface area contributed by atoms with E-state index in [1.165, 1.54) is 0 Å². The standard InChI is InChI=1S/C5H8F3NO4/c6-5(7,4(12)13)9(8)1-3(11)2-10/h3,10-11H,1-2H2,(H,12,13). The minimum absolute atomic E-state index is 0.934. The topological polar surface area (TPSA) is 81.0 Å². The predicted molar refractivity (Wildman–Crippen MR) is 33.5 cm³/mol. The summed E-state index contributed by atoms with van der Waals surface area (Å²) in [5.74, 6) is -2.67. The molecular weight excluding hydrogens is 195 g/mol. The number of aliphatic carboxylic acids is 1. The summed E-state index contributed by atoms with van der Waals surface area (Å²) in [6, 6.07) is -4.70. The minimum Gasteiger partial charge on any atom is -0.476 e. The summed E-state index contributed by atoms with van der Waals surface area (Å²) in [7, 11) is 0. The number of hydrogen-bond donors (Lipinski definition) is 3. The normalized spacial score (nSPS) is 14.6. The van der Waals surface area contributed by atoms with Gasteiger partial charge in [-0.3, -0.25) is 0 Å². The van der Waals surface area contributed by atoms with E-state index in [1.807, 2.05) is 0 Å². The lowest BCUT2D eigenvalue weighted by Gasteiger charge is -2.20. The highest BCUT2D eigenvalue weighted by Gasteiger charge is 2.47. The summed E-state index contributed by atoms with van der Waals surface area (Å²) in [5.41, 5.74) is 0. The van der Waals surface area contributed by atoms with E-state index >= 15 is 0 Å². The minimum atomic E-state index is -4.70. The van der Waals surface area contributed by atoms with Crippen LogP contribution >= 0.6 is 0 Å². The number of nitrogens with zero attached hydrogens (tertiary/aromatic N) is 1. The maximum Gasteiger partial charge on any atom is 0.426 e. The number of halogens is 3. The fourth-order valence-electron chi connectivity index (χ4n) is 0.461. The van der Waals surface area contributed by atoms with E-state index in [2.05, 4.69) is 0 Å². The van der Waals surface area contributed by atoms with Gasteiger partial charge in [0, 0.05) is 0 Å². The second-order valence-corrected chi connectivity index (χ2v) is 2.23. The fraction of sp³-hybridized carbons (Fsp3) is 0.800. The van der Waals surface area contributed by atoms with Crippen molar-refractivity contribution in [2.24, 2.45) is 0 Å². The van der Waals surface area contributed by atoms with Crippen molar-refractivity contribution in [3.63, 3.8) is 0 Å². The predicted octanol–water partition coefficient (Wildman–Crippen LogP) is -0.796. The number of carbonyl (C=O) groups is 1. The van der Waals surface area contributed by atoms with Gasteiger partial charge in [0.15, 0.2) is 0 Å². The molecule has 0 aliphatic carbocycles. The summed E-state index contributed by atoms with van der Waals surface area (Å²) in [6.07, 6.45) is -1.75. The molecule has 0 aromatic carbocycles. The van der Waals surface area contributed by atoms with E-state index in [-0.39, 0.29) is 0 Å². The van der Waals surface area contributed by atoms with Crippen molar-refractivity contribution in [3.8, 4) is 0 Å². The molecule has 0 aromatic rings. The molecule has 1 unspecified atom stereocenters. The van der Waals surface area contributed by atoms with Gasteiger partial charge >= 0.3 is 12.0 Å². The number of carboxylic acids is 1. The molecular formula is C5H8F3NO4. The van der Waals surface area contributed by atoms with E-state index in [9.17, 15) is 18.1 Å². The summed E-state index contributed by atoms with van der Waals surface area (Å²) in [6.45, 7) is -2.22. The third-order valence-electron chi connectivity index (χ3n) is 1.14. The molecule has 0 saturated carbocycles. The number of aliphatic hydroxyl groups excluding tert-OH is 2. The Morgan fingerprint density at radius 2 is 2.00 bits per heavy atom. The molecule has 0 radical (unpaired) electrons. The zero-order valence-electron chi connectivity index (χ0n) is 6.32. The molecule has 0 spiro atoms. The van der Waals surface area contributed by atoms with Crippen LogP contribution in [-0.4, -0.2) is 51.7 Å². The highest BCUT2D eigenvalue weighted by atomic mass is 19.3. The monoisotopic (exact) mass is 203 g/mol. The van der Waals surface area contributed by atoms with Crippen LogP contribution in [0.3, 0.4) is 0 Å². The lowest BCUT2D eigenvalue weighted by atomic mass is 10.3. The first kappa shape index (κ1) is 12.1. The molecule has 1 atom stereocenters. The van der Waals surface area contributed by atoms with E-state index in [0.29, 0.717) is 0 Å². The number of hydrogen-bond acceptors (Lipinski definition) is 4. The van der Waals surface area contributed by atoms with Crippen molar-refractivity contribution in [1.29, 1.82) is 0 Å². The Kier molecular flexibility index (Phi) is 4.11. The highest BCUT2D eigenvalue weighted by molar-refractivity contribution is 5.74. The lowest BCUT2D eigenvalue weighted by Crippen LogP contribution is -2.46. The zero-order chi connectivity index (χ0) is 10.6. The second kappa shape index (κ2) is 4.40. The van der Waals surface area contributed by atoms with Gasteiger partial charge in [-0.05, 0) is 0 Å². The van der Waals surface area contributed by atoms with Crippen molar-refractivity contribution < 1.29 is 33.4 Å². The van der Waals surface area contributed by atoms with Crippen LogP contribution in [0.15, 0.2) is 0 Å². The molecule has 0 aromatic heterocycles. The van der Waals surface area contributed by atoms with Crippen LogP contribution in [0.4, 0.5) is 13.3 Å². The van der Waals surface area contributed by atoms with Crippen molar-refractivity contribution in [1.82, 2.24) is 5.12 Å². The van der Waals surface area contributed by atoms with Crippen molar-refractivity contribution >= 4 is 5.97 Å². The van der Waals surface area contributed by atoms with Crippen LogP contribution in [-0.2, 0) is 4.79 Å². The molecule has 0 bridgehead atoms. The van der Waals surface area contributed by atoms with Crippen LogP contribution in [0.5, 0.6) is 0 Å². The van der Waals surface area contributed by atoms with Crippen LogP contribution in [0.1, 0.15) is 0 Å². The molecule has 0 amide bonds. The molecule has 0 aliphatic rings. The molecule has 0 saturated heterocycles. The Hall–Kier alpha value is -0.860. The van der Waals surface area contributed by atoms with Gasteiger partial charge in [0.2, 0.25) is 0 Å². The van der Waals surface area contributed by atoms with Gasteiger partial charge in [0.05, 0.1) is 19.3 Å². The molecule has 0 rings (SSSR count). The summed E-state index contributed by atoms with van der Waals surface area (Å²) >= 11 is 0. The molecule has 13 heavy (non-hydrogen) atoms. The first-order valence-corrected chi connectivity index (χ1v) is 3.16. The van der Waals surface area contributed by atoms with Gasteiger partial charge in [-0.1, -0.05) is 5.12 Å². The van der Waals surface area contributed by atoms with Crippen LogP contribution in [0.25, 0.3) is 0 Å². The lowest BCUT2D eigenvalue weighted by molar-refractivity contribution is -0.249. The van der Waals surface area contributed by atoms with Crippen molar-refractivity contribution in [2.75, 3.05) is 13.2 Å². The number of rotatable bonds is 5. The molecule has 78 valence electrons.